The molecule has 0 radical (unpaired) electrons. The van der Waals surface area contributed by atoms with E-state index in [0.29, 0.717) is 0 Å². The summed E-state index contributed by atoms with van der Waals surface area (Å²) >= 11 is 0. The number of rotatable bonds is 4. The fourth-order valence-corrected chi connectivity index (χ4v) is 0.580. The molecule has 0 aromatic carbocycles. The van der Waals surface area contributed by atoms with Gasteiger partial charge in [-0.15, -0.1) is 0 Å². The second kappa shape index (κ2) is 6.16. The van der Waals surface area contributed by atoms with Gasteiger partial charge in [0.15, 0.2) is 0 Å². The van der Waals surface area contributed by atoms with Gasteiger partial charge in [0.25, 0.3) is 0 Å². The summed E-state index contributed by atoms with van der Waals surface area (Å²) in [5, 5.41) is 16.5. The number of ketones is 1. The van der Waals surface area contributed by atoms with Crippen molar-refractivity contribution >= 4 is 47.3 Å². The molecule has 1 unspecified atom stereocenters. The van der Waals surface area contributed by atoms with Crippen LogP contribution in [-0.2, 0) is 14.4 Å². The first-order chi connectivity index (χ1) is 4.95. The van der Waals surface area contributed by atoms with Crippen LogP contribution in [0.2, 0.25) is 0 Å². The average Bonchev–Trinajstić information content (AvgIpc) is 1.81. The summed E-state index contributed by atoms with van der Waals surface area (Å²) in [6.45, 7) is 1.06. The van der Waals surface area contributed by atoms with Crippen molar-refractivity contribution in [3.8, 4) is 0 Å². The Kier molecular flexibility index (Phi) is 7.27. The van der Waals surface area contributed by atoms with Gasteiger partial charge in [0.2, 0.25) is 0 Å². The van der Waals surface area contributed by atoms with Crippen LogP contribution in [0.4, 0.5) is 0 Å². The normalized spacial score (nSPS) is 11.1. The van der Waals surface area contributed by atoms with E-state index in [9.17, 15) is 14.4 Å². The summed E-state index contributed by atoms with van der Waals surface area (Å²) in [6.07, 6.45) is -0.648. The fraction of sp³-hybridized carbons (Fsp3) is 0.500. The van der Waals surface area contributed by atoms with Gasteiger partial charge >= 0.3 is 41.5 Å². The molecule has 0 fully saturated rings. The summed E-state index contributed by atoms with van der Waals surface area (Å²) in [5.74, 6) is -4.72. The van der Waals surface area contributed by atoms with Crippen LogP contribution in [0.5, 0.6) is 0 Å². The van der Waals surface area contributed by atoms with E-state index in [1.165, 1.54) is 0 Å². The number of hydrogen-bond acceptors (Lipinski definition) is 3. The first kappa shape index (κ1) is 14.2. The number of hydrogen-bond donors (Lipinski definition) is 2. The molecule has 0 amide bonds. The molecular weight excluding hydrogens is 175 g/mol. The molecule has 0 aliphatic heterocycles. The number of aliphatic carboxylic acids is 2. The Labute approximate surface area is 91.1 Å². The van der Waals surface area contributed by atoms with E-state index < -0.39 is 30.1 Å². The van der Waals surface area contributed by atoms with Crippen LogP contribution >= 0.6 is 0 Å². The molecule has 0 rings (SSSR count). The van der Waals surface area contributed by atoms with Gasteiger partial charge in [-0.1, -0.05) is 0 Å². The van der Waals surface area contributed by atoms with Crippen molar-refractivity contribution in [3.05, 3.63) is 0 Å². The van der Waals surface area contributed by atoms with E-state index in [2.05, 4.69) is 0 Å². The van der Waals surface area contributed by atoms with Crippen molar-refractivity contribution in [3.63, 3.8) is 0 Å². The third kappa shape index (κ3) is 5.29. The van der Waals surface area contributed by atoms with E-state index in [0.717, 1.165) is 6.92 Å². The van der Waals surface area contributed by atoms with Crippen LogP contribution in [0.1, 0.15) is 13.3 Å². The number of carboxylic acids is 2. The predicted octanol–water partition coefficient (Wildman–Crippen LogP) is -0.898. The molecule has 2 N–H and O–H groups in total. The molecular formula is C6H9NaO5. The molecule has 0 aromatic heterocycles. The molecule has 0 saturated heterocycles. The summed E-state index contributed by atoms with van der Waals surface area (Å²) in [4.78, 5) is 30.7. The second-order valence-electron chi connectivity index (χ2n) is 2.10. The summed E-state index contributed by atoms with van der Waals surface area (Å²) in [7, 11) is 0. The van der Waals surface area contributed by atoms with Gasteiger partial charge < -0.3 is 10.2 Å². The van der Waals surface area contributed by atoms with Crippen molar-refractivity contribution in [1.82, 2.24) is 0 Å². The molecule has 0 spiro atoms. The van der Waals surface area contributed by atoms with E-state index >= 15 is 0 Å². The average molecular weight is 184 g/mol. The first-order valence-electron chi connectivity index (χ1n) is 2.90. The Morgan fingerprint density at radius 2 is 1.67 bits per heavy atom. The van der Waals surface area contributed by atoms with Crippen molar-refractivity contribution in [2.45, 2.75) is 13.3 Å². The van der Waals surface area contributed by atoms with Crippen LogP contribution in [0.15, 0.2) is 0 Å². The summed E-state index contributed by atoms with van der Waals surface area (Å²) in [5.41, 5.74) is 0. The fourth-order valence-electron chi connectivity index (χ4n) is 0.580. The number of carbonyl (C=O) groups excluding carboxylic acids is 1. The Balaban J connectivity index is 0. The quantitative estimate of drug-likeness (QED) is 0.436. The third-order valence-corrected chi connectivity index (χ3v) is 1.17. The maximum absolute atomic E-state index is 10.5. The number of Topliss-reactive ketones (excluding diaryl/α,β-unsaturated/α-hetero) is 1. The standard InChI is InChI=1S/C6H8O5.Na.H/c1-3(7)4(6(10)11)2-5(8)9;;/h4H,2H2,1H3,(H,8,9)(H,10,11);;. The Morgan fingerprint density at radius 3 is 1.75 bits per heavy atom. The molecule has 5 nitrogen and oxygen atoms in total. The Morgan fingerprint density at radius 1 is 1.25 bits per heavy atom. The summed E-state index contributed by atoms with van der Waals surface area (Å²) in [6, 6.07) is 0. The van der Waals surface area contributed by atoms with Crippen LogP contribution in [0, 0.1) is 5.92 Å². The third-order valence-electron chi connectivity index (χ3n) is 1.17. The van der Waals surface area contributed by atoms with Gasteiger partial charge in [-0.3, -0.25) is 14.4 Å². The van der Waals surface area contributed by atoms with Crippen LogP contribution in [0.3, 0.4) is 0 Å². The molecule has 0 aliphatic rings. The molecule has 0 bridgehead atoms. The molecule has 0 saturated carbocycles. The maximum atomic E-state index is 10.5. The monoisotopic (exact) mass is 184 g/mol. The van der Waals surface area contributed by atoms with Gasteiger partial charge in [0.1, 0.15) is 11.7 Å². The van der Waals surface area contributed by atoms with Crippen molar-refractivity contribution < 1.29 is 24.6 Å². The van der Waals surface area contributed by atoms with Crippen molar-refractivity contribution in [2.75, 3.05) is 0 Å². The molecule has 12 heavy (non-hydrogen) atoms. The molecule has 64 valence electrons. The van der Waals surface area contributed by atoms with E-state index in [4.69, 9.17) is 10.2 Å². The molecule has 0 aliphatic carbocycles. The van der Waals surface area contributed by atoms with Gasteiger partial charge in [0.05, 0.1) is 6.42 Å². The zero-order valence-electron chi connectivity index (χ0n) is 5.90. The molecule has 1 atom stereocenters. The van der Waals surface area contributed by atoms with Gasteiger partial charge in [0, 0.05) is 0 Å². The zero-order chi connectivity index (χ0) is 9.02. The van der Waals surface area contributed by atoms with Crippen molar-refractivity contribution in [2.24, 2.45) is 5.92 Å². The second-order valence-corrected chi connectivity index (χ2v) is 2.10. The Hall–Kier alpha value is -0.390. The van der Waals surface area contributed by atoms with Crippen LogP contribution < -0.4 is 0 Å². The van der Waals surface area contributed by atoms with Crippen LogP contribution in [-0.4, -0.2) is 57.5 Å². The molecule has 0 heterocycles. The molecule has 6 heteroatoms. The first-order valence-corrected chi connectivity index (χ1v) is 2.90. The Bertz CT molecular complexity index is 186. The minimum atomic E-state index is -1.41. The van der Waals surface area contributed by atoms with E-state index in [1.54, 1.807) is 0 Å². The van der Waals surface area contributed by atoms with Crippen molar-refractivity contribution in [1.29, 1.82) is 0 Å². The van der Waals surface area contributed by atoms with Gasteiger partial charge in [-0.2, -0.15) is 0 Å². The van der Waals surface area contributed by atoms with Gasteiger partial charge in [-0.25, -0.2) is 0 Å². The topological polar surface area (TPSA) is 91.7 Å². The summed E-state index contributed by atoms with van der Waals surface area (Å²) < 4.78 is 0. The number of carbonyl (C=O) groups is 3. The number of carboxylic acid groups (broad SMARTS) is 2. The van der Waals surface area contributed by atoms with E-state index in [-0.39, 0.29) is 29.6 Å². The van der Waals surface area contributed by atoms with Crippen LogP contribution in [0.25, 0.3) is 0 Å². The van der Waals surface area contributed by atoms with Gasteiger partial charge in [-0.05, 0) is 6.92 Å². The SMILES string of the molecule is CC(=O)C(CC(=O)O)C(=O)O.[NaH]. The minimum absolute atomic E-state index is 0. The molecule has 0 aromatic rings. The van der Waals surface area contributed by atoms with E-state index in [1.807, 2.05) is 0 Å². The zero-order valence-corrected chi connectivity index (χ0v) is 5.90. The predicted molar refractivity (Wildman–Crippen MR) is 41.2 cm³/mol.